The lowest BCUT2D eigenvalue weighted by atomic mass is 9.94. The van der Waals surface area contributed by atoms with Crippen molar-refractivity contribution in [3.05, 3.63) is 35.9 Å². The molecule has 0 bridgehead atoms. The first-order valence-electron chi connectivity index (χ1n) is 5.18. The summed E-state index contributed by atoms with van der Waals surface area (Å²) in [6.45, 7) is 0.858. The molecule has 1 aromatic rings. The van der Waals surface area contributed by atoms with Gasteiger partial charge in [-0.2, -0.15) is 0 Å². The normalized spacial score (nSPS) is 26.7. The highest BCUT2D eigenvalue weighted by Crippen LogP contribution is 2.35. The summed E-state index contributed by atoms with van der Waals surface area (Å²) >= 11 is 0. The molecule has 0 saturated carbocycles. The van der Waals surface area contributed by atoms with Crippen molar-refractivity contribution in [2.24, 2.45) is 5.92 Å². The molecule has 0 aromatic heterocycles. The van der Waals surface area contributed by atoms with Crippen LogP contribution in [0.2, 0.25) is 0 Å². The van der Waals surface area contributed by atoms with Gasteiger partial charge in [-0.25, -0.2) is 0 Å². The molecular weight excluding hydrogens is 190 g/mol. The maximum absolute atomic E-state index is 11.1. The van der Waals surface area contributed by atoms with Gasteiger partial charge in [0.05, 0.1) is 5.92 Å². The van der Waals surface area contributed by atoms with Crippen molar-refractivity contribution >= 4 is 5.97 Å². The Balaban J connectivity index is 2.29. The van der Waals surface area contributed by atoms with Crippen molar-refractivity contribution in [1.29, 1.82) is 0 Å². The highest BCUT2D eigenvalue weighted by Gasteiger charge is 2.37. The van der Waals surface area contributed by atoms with Gasteiger partial charge in [0, 0.05) is 6.04 Å². The fourth-order valence-electron chi connectivity index (χ4n) is 2.34. The van der Waals surface area contributed by atoms with Gasteiger partial charge in [0.25, 0.3) is 0 Å². The standard InChI is InChI=1S/C12H15NO2/c1-13-8-7-10(12(14)15)11(13)9-5-3-2-4-6-9/h2-6,10-11H,7-8H2,1H3,(H,14,15)/t10-,11-/m0/s1. The van der Waals surface area contributed by atoms with E-state index >= 15 is 0 Å². The molecule has 1 saturated heterocycles. The number of rotatable bonds is 2. The molecular formula is C12H15NO2. The van der Waals surface area contributed by atoms with Crippen LogP contribution in [0.5, 0.6) is 0 Å². The van der Waals surface area contributed by atoms with Crippen molar-refractivity contribution in [3.8, 4) is 0 Å². The van der Waals surface area contributed by atoms with E-state index < -0.39 is 5.97 Å². The van der Waals surface area contributed by atoms with Crippen LogP contribution in [-0.4, -0.2) is 29.6 Å². The summed E-state index contributed by atoms with van der Waals surface area (Å²) in [5.74, 6) is -0.953. The number of hydrogen-bond donors (Lipinski definition) is 1. The highest BCUT2D eigenvalue weighted by atomic mass is 16.4. The highest BCUT2D eigenvalue weighted by molar-refractivity contribution is 5.71. The molecule has 0 amide bonds. The molecule has 1 aromatic carbocycles. The number of carboxylic acid groups (broad SMARTS) is 1. The lowest BCUT2D eigenvalue weighted by molar-refractivity contribution is -0.142. The van der Waals surface area contributed by atoms with Crippen molar-refractivity contribution in [2.45, 2.75) is 12.5 Å². The molecule has 3 nitrogen and oxygen atoms in total. The third kappa shape index (κ3) is 1.88. The van der Waals surface area contributed by atoms with Gasteiger partial charge < -0.3 is 5.11 Å². The second-order valence-electron chi connectivity index (χ2n) is 4.07. The van der Waals surface area contributed by atoms with Crippen LogP contribution in [0.25, 0.3) is 0 Å². The second kappa shape index (κ2) is 4.03. The number of nitrogens with zero attached hydrogens (tertiary/aromatic N) is 1. The Morgan fingerprint density at radius 3 is 2.67 bits per heavy atom. The zero-order valence-electron chi connectivity index (χ0n) is 8.76. The zero-order valence-corrected chi connectivity index (χ0v) is 8.76. The Morgan fingerprint density at radius 2 is 2.07 bits per heavy atom. The molecule has 2 rings (SSSR count). The molecule has 0 aliphatic carbocycles. The summed E-state index contributed by atoms with van der Waals surface area (Å²) < 4.78 is 0. The van der Waals surface area contributed by atoms with Gasteiger partial charge in [-0.1, -0.05) is 30.3 Å². The van der Waals surface area contributed by atoms with Gasteiger partial charge >= 0.3 is 5.97 Å². The molecule has 0 radical (unpaired) electrons. The van der Waals surface area contributed by atoms with E-state index in [2.05, 4.69) is 4.90 Å². The molecule has 1 heterocycles. The molecule has 1 N–H and O–H groups in total. The molecule has 1 aliphatic rings. The molecule has 0 unspecified atom stereocenters. The number of benzene rings is 1. The van der Waals surface area contributed by atoms with Crippen LogP contribution in [-0.2, 0) is 4.79 Å². The third-order valence-electron chi connectivity index (χ3n) is 3.11. The first-order valence-corrected chi connectivity index (χ1v) is 5.18. The average molecular weight is 205 g/mol. The number of likely N-dealkylation sites (tertiary alicyclic amines) is 1. The molecule has 15 heavy (non-hydrogen) atoms. The molecule has 2 atom stereocenters. The van der Waals surface area contributed by atoms with Crippen LogP contribution < -0.4 is 0 Å². The number of carbonyl (C=O) groups is 1. The Hall–Kier alpha value is -1.35. The number of hydrogen-bond acceptors (Lipinski definition) is 2. The molecule has 1 fully saturated rings. The Bertz CT molecular complexity index is 350. The summed E-state index contributed by atoms with van der Waals surface area (Å²) in [5.41, 5.74) is 1.10. The predicted molar refractivity (Wildman–Crippen MR) is 57.6 cm³/mol. The van der Waals surface area contributed by atoms with Gasteiger partial charge in [0.2, 0.25) is 0 Å². The van der Waals surface area contributed by atoms with E-state index in [0.717, 1.165) is 18.5 Å². The number of aliphatic carboxylic acids is 1. The smallest absolute Gasteiger partial charge is 0.308 e. The van der Waals surface area contributed by atoms with Crippen LogP contribution in [0, 0.1) is 5.92 Å². The Kier molecular flexibility index (Phi) is 2.73. The average Bonchev–Trinajstić information content (AvgIpc) is 2.61. The van der Waals surface area contributed by atoms with Crippen LogP contribution >= 0.6 is 0 Å². The van der Waals surface area contributed by atoms with Crippen molar-refractivity contribution in [2.75, 3.05) is 13.6 Å². The minimum Gasteiger partial charge on any atom is -0.481 e. The van der Waals surface area contributed by atoms with Crippen molar-refractivity contribution in [1.82, 2.24) is 4.90 Å². The van der Waals surface area contributed by atoms with E-state index in [4.69, 9.17) is 5.11 Å². The van der Waals surface area contributed by atoms with E-state index in [0.29, 0.717) is 0 Å². The van der Waals surface area contributed by atoms with E-state index in [9.17, 15) is 4.79 Å². The Morgan fingerprint density at radius 1 is 1.40 bits per heavy atom. The lowest BCUT2D eigenvalue weighted by Gasteiger charge is -2.23. The molecule has 80 valence electrons. The predicted octanol–water partition coefficient (Wildman–Crippen LogP) is 1.76. The summed E-state index contributed by atoms with van der Waals surface area (Å²) in [6.07, 6.45) is 0.741. The molecule has 3 heteroatoms. The fourth-order valence-corrected chi connectivity index (χ4v) is 2.34. The Labute approximate surface area is 89.3 Å². The van der Waals surface area contributed by atoms with Gasteiger partial charge in [-0.05, 0) is 25.6 Å². The minimum absolute atomic E-state index is 0.0312. The third-order valence-corrected chi connectivity index (χ3v) is 3.11. The summed E-state index contributed by atoms with van der Waals surface area (Å²) in [4.78, 5) is 13.2. The SMILES string of the molecule is CN1CC[C@H](C(=O)O)[C@@H]1c1ccccc1. The van der Waals surface area contributed by atoms with E-state index in [1.807, 2.05) is 37.4 Å². The maximum atomic E-state index is 11.1. The quantitative estimate of drug-likeness (QED) is 0.799. The van der Waals surface area contributed by atoms with E-state index in [-0.39, 0.29) is 12.0 Å². The van der Waals surface area contributed by atoms with Gasteiger partial charge in [-0.3, -0.25) is 9.69 Å². The van der Waals surface area contributed by atoms with Crippen LogP contribution in [0.1, 0.15) is 18.0 Å². The lowest BCUT2D eigenvalue weighted by Crippen LogP contribution is -2.25. The fraction of sp³-hybridized carbons (Fsp3) is 0.417. The second-order valence-corrected chi connectivity index (χ2v) is 4.07. The van der Waals surface area contributed by atoms with Crippen molar-refractivity contribution < 1.29 is 9.90 Å². The van der Waals surface area contributed by atoms with E-state index in [1.54, 1.807) is 0 Å². The summed E-state index contributed by atoms with van der Waals surface area (Å²) in [6, 6.07) is 9.91. The van der Waals surface area contributed by atoms with Crippen molar-refractivity contribution in [3.63, 3.8) is 0 Å². The first kappa shape index (κ1) is 10.2. The van der Waals surface area contributed by atoms with Gasteiger partial charge in [0.1, 0.15) is 0 Å². The number of carboxylic acids is 1. The maximum Gasteiger partial charge on any atom is 0.308 e. The summed E-state index contributed by atoms with van der Waals surface area (Å²) in [5, 5.41) is 9.14. The zero-order chi connectivity index (χ0) is 10.8. The van der Waals surface area contributed by atoms with Gasteiger partial charge in [0.15, 0.2) is 0 Å². The summed E-state index contributed by atoms with van der Waals surface area (Å²) in [7, 11) is 1.99. The largest absolute Gasteiger partial charge is 0.481 e. The molecule has 0 spiro atoms. The minimum atomic E-state index is -0.687. The topological polar surface area (TPSA) is 40.5 Å². The van der Waals surface area contributed by atoms with Crippen LogP contribution in [0.15, 0.2) is 30.3 Å². The van der Waals surface area contributed by atoms with Crippen LogP contribution in [0.4, 0.5) is 0 Å². The first-order chi connectivity index (χ1) is 7.20. The van der Waals surface area contributed by atoms with Crippen LogP contribution in [0.3, 0.4) is 0 Å². The molecule has 1 aliphatic heterocycles. The van der Waals surface area contributed by atoms with Gasteiger partial charge in [-0.15, -0.1) is 0 Å². The monoisotopic (exact) mass is 205 g/mol. The van der Waals surface area contributed by atoms with E-state index in [1.165, 1.54) is 0 Å².